The second-order valence-electron chi connectivity index (χ2n) is 5.53. The number of amidine groups is 1. The number of rotatable bonds is 0. The zero-order chi connectivity index (χ0) is 15.8. The van der Waals surface area contributed by atoms with Crippen LogP contribution in [0.1, 0.15) is 5.56 Å². The molecule has 0 aromatic heterocycles. The summed E-state index contributed by atoms with van der Waals surface area (Å²) in [6.07, 6.45) is 0. The molecule has 2 heterocycles. The highest BCUT2D eigenvalue weighted by Gasteiger charge is 2.24. The van der Waals surface area contributed by atoms with Crippen molar-refractivity contribution in [3.8, 4) is 11.5 Å². The summed E-state index contributed by atoms with van der Waals surface area (Å²) in [6, 6.07) is 9.83. The lowest BCUT2D eigenvalue weighted by atomic mass is 10.1. The molecule has 2 aromatic carbocycles. The third-order valence-electron chi connectivity index (χ3n) is 3.97. The van der Waals surface area contributed by atoms with Crippen LogP contribution in [0.2, 0.25) is 5.02 Å². The quantitative estimate of drug-likeness (QED) is 0.802. The van der Waals surface area contributed by atoms with Gasteiger partial charge < -0.3 is 15.0 Å². The first-order valence-corrected chi connectivity index (χ1v) is 7.90. The zero-order valence-corrected chi connectivity index (χ0v) is 13.1. The van der Waals surface area contributed by atoms with Crippen LogP contribution in [-0.4, -0.2) is 36.9 Å². The van der Waals surface area contributed by atoms with Gasteiger partial charge in [-0.3, -0.25) is 0 Å². The van der Waals surface area contributed by atoms with Gasteiger partial charge in [-0.05, 0) is 30.3 Å². The van der Waals surface area contributed by atoms with Crippen molar-refractivity contribution in [2.75, 3.05) is 26.2 Å². The second kappa shape index (κ2) is 5.83. The fourth-order valence-corrected chi connectivity index (χ4v) is 3.01. The maximum absolute atomic E-state index is 13.6. The van der Waals surface area contributed by atoms with Gasteiger partial charge in [-0.15, -0.1) is 0 Å². The first-order chi connectivity index (χ1) is 11.2. The molecule has 2 aliphatic rings. The Kier molecular flexibility index (Phi) is 3.67. The molecule has 4 nitrogen and oxygen atoms in total. The van der Waals surface area contributed by atoms with Gasteiger partial charge in [-0.2, -0.15) is 0 Å². The van der Waals surface area contributed by atoms with Gasteiger partial charge in [0.05, 0.1) is 5.56 Å². The molecule has 23 heavy (non-hydrogen) atoms. The molecule has 0 amide bonds. The van der Waals surface area contributed by atoms with Crippen molar-refractivity contribution in [2.24, 2.45) is 4.99 Å². The molecule has 0 spiro atoms. The van der Waals surface area contributed by atoms with Crippen molar-refractivity contribution in [1.29, 1.82) is 0 Å². The van der Waals surface area contributed by atoms with Crippen LogP contribution in [0.15, 0.2) is 41.4 Å². The fourth-order valence-electron chi connectivity index (χ4n) is 2.84. The summed E-state index contributed by atoms with van der Waals surface area (Å²) in [5.74, 6) is 1.66. The fraction of sp³-hybridized carbons (Fsp3) is 0.235. The molecular weight excluding hydrogens is 317 g/mol. The summed E-state index contributed by atoms with van der Waals surface area (Å²) in [5, 5.41) is 3.94. The summed E-state index contributed by atoms with van der Waals surface area (Å²) >= 11 is 6.17. The first-order valence-electron chi connectivity index (χ1n) is 7.52. The van der Waals surface area contributed by atoms with Crippen LogP contribution in [0.25, 0.3) is 0 Å². The number of aliphatic imine (C=N–C) groups is 1. The summed E-state index contributed by atoms with van der Waals surface area (Å²) in [6.45, 7) is 3.42. The third kappa shape index (κ3) is 2.78. The largest absolute Gasteiger partial charge is 0.454 e. The summed E-state index contributed by atoms with van der Waals surface area (Å²) in [7, 11) is 0. The van der Waals surface area contributed by atoms with E-state index in [-0.39, 0.29) is 5.82 Å². The average Bonchev–Trinajstić information content (AvgIpc) is 2.72. The van der Waals surface area contributed by atoms with Crippen molar-refractivity contribution < 1.29 is 9.13 Å². The zero-order valence-electron chi connectivity index (χ0n) is 12.4. The van der Waals surface area contributed by atoms with Crippen molar-refractivity contribution in [2.45, 2.75) is 0 Å². The van der Waals surface area contributed by atoms with Crippen LogP contribution in [-0.2, 0) is 0 Å². The van der Waals surface area contributed by atoms with Crippen molar-refractivity contribution in [1.82, 2.24) is 10.2 Å². The van der Waals surface area contributed by atoms with E-state index < -0.39 is 0 Å². The van der Waals surface area contributed by atoms with Crippen LogP contribution in [0.5, 0.6) is 11.5 Å². The molecule has 0 saturated carbocycles. The van der Waals surface area contributed by atoms with Crippen LogP contribution >= 0.6 is 11.6 Å². The predicted octanol–water partition coefficient (Wildman–Crippen LogP) is 3.57. The molecule has 1 fully saturated rings. The minimum absolute atomic E-state index is 0.334. The molecule has 6 heteroatoms. The minimum atomic E-state index is -0.334. The van der Waals surface area contributed by atoms with E-state index in [4.69, 9.17) is 21.3 Å². The number of hydrogen-bond acceptors (Lipinski definition) is 4. The lowest BCUT2D eigenvalue weighted by Crippen LogP contribution is -2.46. The Bertz CT molecular complexity index is 787. The van der Waals surface area contributed by atoms with Gasteiger partial charge in [0.25, 0.3) is 0 Å². The summed E-state index contributed by atoms with van der Waals surface area (Å²) in [5.41, 5.74) is 1.32. The third-order valence-corrected chi connectivity index (χ3v) is 4.20. The van der Waals surface area contributed by atoms with Gasteiger partial charge in [0.2, 0.25) is 0 Å². The molecule has 4 rings (SSSR count). The monoisotopic (exact) mass is 331 g/mol. The molecule has 2 aliphatic heterocycles. The smallest absolute Gasteiger partial charge is 0.153 e. The molecule has 0 atom stereocenters. The van der Waals surface area contributed by atoms with E-state index in [1.165, 1.54) is 12.1 Å². The minimum Gasteiger partial charge on any atom is -0.454 e. The highest BCUT2D eigenvalue weighted by molar-refractivity contribution is 6.31. The lowest BCUT2D eigenvalue weighted by Gasteiger charge is -2.30. The maximum Gasteiger partial charge on any atom is 0.153 e. The van der Waals surface area contributed by atoms with E-state index in [9.17, 15) is 4.39 Å². The van der Waals surface area contributed by atoms with Crippen molar-refractivity contribution >= 4 is 23.1 Å². The van der Waals surface area contributed by atoms with Gasteiger partial charge in [-0.1, -0.05) is 11.6 Å². The Balaban J connectivity index is 1.89. The van der Waals surface area contributed by atoms with E-state index in [1.54, 1.807) is 12.1 Å². The number of nitrogens with zero attached hydrogens (tertiary/aromatic N) is 2. The molecule has 1 N–H and O–H groups in total. The molecule has 0 unspecified atom stereocenters. The highest BCUT2D eigenvalue weighted by atomic mass is 35.5. The van der Waals surface area contributed by atoms with Gasteiger partial charge in [0.1, 0.15) is 23.1 Å². The number of fused-ring (bicyclic) bond motifs is 2. The van der Waals surface area contributed by atoms with Gasteiger partial charge in [0, 0.05) is 37.3 Å². The Morgan fingerprint density at radius 2 is 1.87 bits per heavy atom. The van der Waals surface area contributed by atoms with Crippen molar-refractivity contribution in [3.63, 3.8) is 0 Å². The van der Waals surface area contributed by atoms with Crippen LogP contribution in [0, 0.1) is 5.82 Å². The number of benzene rings is 2. The van der Waals surface area contributed by atoms with Crippen molar-refractivity contribution in [3.05, 3.63) is 52.8 Å². The number of halogens is 2. The van der Waals surface area contributed by atoms with Gasteiger partial charge >= 0.3 is 0 Å². The lowest BCUT2D eigenvalue weighted by molar-refractivity contribution is 0.357. The van der Waals surface area contributed by atoms with Crippen LogP contribution in [0.3, 0.4) is 0 Å². The van der Waals surface area contributed by atoms with Crippen LogP contribution < -0.4 is 10.1 Å². The highest BCUT2D eigenvalue weighted by Crippen LogP contribution is 2.39. The van der Waals surface area contributed by atoms with E-state index in [0.29, 0.717) is 22.2 Å². The summed E-state index contributed by atoms with van der Waals surface area (Å²) in [4.78, 5) is 6.87. The Morgan fingerprint density at radius 1 is 1.09 bits per heavy atom. The Labute approximate surface area is 138 Å². The number of hydrogen-bond donors (Lipinski definition) is 1. The normalized spacial score (nSPS) is 16.8. The predicted molar refractivity (Wildman–Crippen MR) is 88.6 cm³/mol. The first kappa shape index (κ1) is 14.5. The maximum atomic E-state index is 13.6. The van der Waals surface area contributed by atoms with E-state index >= 15 is 0 Å². The van der Waals surface area contributed by atoms with Crippen LogP contribution in [0.4, 0.5) is 10.1 Å². The summed E-state index contributed by atoms with van der Waals surface area (Å²) < 4.78 is 19.6. The van der Waals surface area contributed by atoms with Gasteiger partial charge in [-0.25, -0.2) is 9.38 Å². The van der Waals surface area contributed by atoms with E-state index in [1.807, 2.05) is 12.1 Å². The molecule has 0 bridgehead atoms. The SMILES string of the molecule is Fc1ccc2c(c1)N=C(N1CCNCC1)c1cc(Cl)ccc1O2. The number of nitrogens with one attached hydrogen (secondary N) is 1. The average molecular weight is 332 g/mol. The second-order valence-corrected chi connectivity index (χ2v) is 5.96. The number of ether oxygens (including phenoxy) is 1. The molecular formula is C17H15ClFN3O. The topological polar surface area (TPSA) is 36.9 Å². The van der Waals surface area contributed by atoms with E-state index in [0.717, 1.165) is 37.6 Å². The molecule has 118 valence electrons. The molecule has 0 aliphatic carbocycles. The molecule has 1 saturated heterocycles. The number of piperazine rings is 1. The Hall–Kier alpha value is -2.11. The molecule has 0 radical (unpaired) electrons. The van der Waals surface area contributed by atoms with Gasteiger partial charge in [0.15, 0.2) is 5.75 Å². The Morgan fingerprint density at radius 3 is 2.70 bits per heavy atom. The molecule has 2 aromatic rings. The standard InChI is InChI=1S/C17H15ClFN3O/c18-11-1-3-15-13(9-11)17(22-7-5-20-6-8-22)21-14-10-12(19)2-4-16(14)23-15/h1-4,9-10,20H,5-8H2. The van der Waals surface area contributed by atoms with E-state index in [2.05, 4.69) is 10.2 Å².